The molecule has 0 radical (unpaired) electrons. The van der Waals surface area contributed by atoms with E-state index in [9.17, 15) is 19.2 Å². The van der Waals surface area contributed by atoms with E-state index in [0.29, 0.717) is 42.6 Å². The Morgan fingerprint density at radius 3 is 0.969 bits per heavy atom. The standard InChI is InChI=1S/2C28H46O4/c1-4-6-7-8-11-14-17-24(18-15-12-9-10-13-16-19-27(29)30)25-20-21-26(23(3)22-25)32-28(31)5-2;1-4-6-7-8-9-11-14-17-24(18-15-12-10-13-16-19-27(29)30)25-20-21-26(23(3)22-25)32-28(31)5-2/h2*20-22,24H,4-19H2,1-3H3,(H,29,30). The lowest BCUT2D eigenvalue weighted by Gasteiger charge is -2.19. The van der Waals surface area contributed by atoms with Gasteiger partial charge in [-0.2, -0.15) is 0 Å². The second kappa shape index (κ2) is 38.6. The molecule has 0 saturated heterocycles. The van der Waals surface area contributed by atoms with Crippen LogP contribution in [0.5, 0.6) is 11.5 Å². The fourth-order valence-electron chi connectivity index (χ4n) is 8.52. The van der Waals surface area contributed by atoms with Gasteiger partial charge in [-0.15, -0.1) is 0 Å². The fourth-order valence-corrected chi connectivity index (χ4v) is 8.52. The number of carboxylic acids is 2. The van der Waals surface area contributed by atoms with Crippen LogP contribution in [0.3, 0.4) is 0 Å². The summed E-state index contributed by atoms with van der Waals surface area (Å²) >= 11 is 0. The number of benzene rings is 2. The van der Waals surface area contributed by atoms with Gasteiger partial charge < -0.3 is 19.7 Å². The first-order chi connectivity index (χ1) is 30.9. The molecular formula is C56H92O8. The van der Waals surface area contributed by atoms with Crippen LogP contribution in [0.1, 0.15) is 267 Å². The Morgan fingerprint density at radius 1 is 0.422 bits per heavy atom. The predicted molar refractivity (Wildman–Crippen MR) is 265 cm³/mol. The third kappa shape index (κ3) is 29.7. The maximum Gasteiger partial charge on any atom is 0.310 e. The SMILES string of the molecule is CCCCCCCCC(CCCCCCCCC(=O)O)c1ccc(OC(=O)CC)c(C)c1.CCCCCCCCCC(CCCCCCCC(=O)O)c1ccc(OC(=O)CC)c(C)c1. The van der Waals surface area contributed by atoms with Crippen LogP contribution in [-0.2, 0) is 19.2 Å². The smallest absolute Gasteiger partial charge is 0.310 e. The molecule has 2 N–H and O–H groups in total. The summed E-state index contributed by atoms with van der Waals surface area (Å²) in [6, 6.07) is 12.6. The Morgan fingerprint density at radius 2 is 0.703 bits per heavy atom. The van der Waals surface area contributed by atoms with Crippen molar-refractivity contribution in [2.24, 2.45) is 0 Å². The molecule has 8 nitrogen and oxygen atoms in total. The van der Waals surface area contributed by atoms with Crippen LogP contribution < -0.4 is 9.47 Å². The van der Waals surface area contributed by atoms with Crippen molar-refractivity contribution >= 4 is 23.9 Å². The van der Waals surface area contributed by atoms with E-state index in [2.05, 4.69) is 38.1 Å². The highest BCUT2D eigenvalue weighted by atomic mass is 16.5. The number of carboxylic acid groups (broad SMARTS) is 2. The van der Waals surface area contributed by atoms with Gasteiger partial charge in [0.25, 0.3) is 0 Å². The quantitative estimate of drug-likeness (QED) is 0.0388. The van der Waals surface area contributed by atoms with Gasteiger partial charge in [0.15, 0.2) is 0 Å². The van der Waals surface area contributed by atoms with Crippen molar-refractivity contribution in [3.05, 3.63) is 58.7 Å². The van der Waals surface area contributed by atoms with Crippen LogP contribution >= 0.6 is 0 Å². The van der Waals surface area contributed by atoms with Crippen molar-refractivity contribution in [2.45, 2.75) is 259 Å². The number of aryl methyl sites for hydroxylation is 2. The highest BCUT2D eigenvalue weighted by Gasteiger charge is 2.16. The van der Waals surface area contributed by atoms with Crippen molar-refractivity contribution < 1.29 is 38.9 Å². The first-order valence-electron chi connectivity index (χ1n) is 26.0. The van der Waals surface area contributed by atoms with Gasteiger partial charge in [0.2, 0.25) is 0 Å². The van der Waals surface area contributed by atoms with Gasteiger partial charge in [-0.1, -0.05) is 193 Å². The van der Waals surface area contributed by atoms with Gasteiger partial charge >= 0.3 is 23.9 Å². The fraction of sp³-hybridized carbons (Fsp3) is 0.714. The third-order valence-corrected chi connectivity index (χ3v) is 12.6. The zero-order valence-electron chi connectivity index (χ0n) is 41.6. The van der Waals surface area contributed by atoms with Crippen LogP contribution in [0, 0.1) is 13.8 Å². The molecule has 0 aliphatic rings. The van der Waals surface area contributed by atoms with Gasteiger partial charge in [0.1, 0.15) is 11.5 Å². The van der Waals surface area contributed by atoms with Crippen LogP contribution in [0.2, 0.25) is 0 Å². The Kier molecular flexibility index (Phi) is 35.2. The molecule has 0 aromatic heterocycles. The molecule has 2 unspecified atom stereocenters. The molecule has 0 spiro atoms. The summed E-state index contributed by atoms with van der Waals surface area (Å²) in [6.07, 6.45) is 35.1. The summed E-state index contributed by atoms with van der Waals surface area (Å²) in [7, 11) is 0. The van der Waals surface area contributed by atoms with Crippen LogP contribution in [0.4, 0.5) is 0 Å². The number of carbonyl (C=O) groups excluding carboxylic acids is 2. The molecule has 0 amide bonds. The van der Waals surface area contributed by atoms with Crippen molar-refractivity contribution in [1.82, 2.24) is 0 Å². The summed E-state index contributed by atoms with van der Waals surface area (Å²) in [5.41, 5.74) is 4.79. The molecule has 64 heavy (non-hydrogen) atoms. The second-order valence-corrected chi connectivity index (χ2v) is 18.3. The van der Waals surface area contributed by atoms with Gasteiger partial charge in [-0.3, -0.25) is 19.2 Å². The minimum atomic E-state index is -0.691. The largest absolute Gasteiger partial charge is 0.481 e. The van der Waals surface area contributed by atoms with Crippen molar-refractivity contribution in [2.75, 3.05) is 0 Å². The zero-order chi connectivity index (χ0) is 47.2. The Bertz CT molecular complexity index is 1530. The molecule has 0 saturated carbocycles. The van der Waals surface area contributed by atoms with Gasteiger partial charge in [-0.05, 0) is 98.6 Å². The van der Waals surface area contributed by atoms with Gasteiger partial charge in [-0.25, -0.2) is 0 Å². The molecule has 2 atom stereocenters. The van der Waals surface area contributed by atoms with E-state index in [1.54, 1.807) is 0 Å². The molecule has 8 heteroatoms. The third-order valence-electron chi connectivity index (χ3n) is 12.6. The van der Waals surface area contributed by atoms with Gasteiger partial charge in [0, 0.05) is 25.7 Å². The second-order valence-electron chi connectivity index (χ2n) is 18.3. The lowest BCUT2D eigenvalue weighted by atomic mass is 9.87. The molecule has 0 heterocycles. The number of esters is 2. The normalized spacial score (nSPS) is 12.0. The Hall–Kier alpha value is -3.68. The maximum atomic E-state index is 11.7. The van der Waals surface area contributed by atoms with Crippen LogP contribution in [0.25, 0.3) is 0 Å². The number of rotatable bonds is 38. The number of aliphatic carboxylic acids is 2. The van der Waals surface area contributed by atoms with E-state index in [-0.39, 0.29) is 18.4 Å². The van der Waals surface area contributed by atoms with E-state index in [0.717, 1.165) is 56.1 Å². The first kappa shape index (κ1) is 58.3. The molecule has 0 aliphatic carbocycles. The maximum absolute atomic E-state index is 11.7. The molecule has 0 aliphatic heterocycles. The lowest BCUT2D eigenvalue weighted by Crippen LogP contribution is -2.07. The molecule has 0 fully saturated rings. The molecule has 2 aromatic carbocycles. The van der Waals surface area contributed by atoms with E-state index < -0.39 is 11.9 Å². The van der Waals surface area contributed by atoms with Gasteiger partial charge in [0.05, 0.1) is 0 Å². The molecule has 0 bridgehead atoms. The minimum absolute atomic E-state index is 0.187. The monoisotopic (exact) mass is 893 g/mol. The number of hydrogen-bond acceptors (Lipinski definition) is 6. The Labute approximate surface area is 390 Å². The summed E-state index contributed by atoms with van der Waals surface area (Å²) in [5.74, 6) is 0.698. The zero-order valence-corrected chi connectivity index (χ0v) is 41.6. The summed E-state index contributed by atoms with van der Waals surface area (Å²) in [4.78, 5) is 44.5. The average Bonchev–Trinajstić information content (AvgIpc) is 3.27. The minimum Gasteiger partial charge on any atom is -0.481 e. The first-order valence-corrected chi connectivity index (χ1v) is 26.0. The van der Waals surface area contributed by atoms with Crippen molar-refractivity contribution in [1.29, 1.82) is 0 Å². The lowest BCUT2D eigenvalue weighted by molar-refractivity contribution is -0.138. The number of hydrogen-bond donors (Lipinski definition) is 2. The summed E-state index contributed by atoms with van der Waals surface area (Å²) < 4.78 is 10.9. The number of carbonyl (C=O) groups is 4. The van der Waals surface area contributed by atoms with Crippen molar-refractivity contribution in [3.8, 4) is 11.5 Å². The van der Waals surface area contributed by atoms with Crippen LogP contribution in [-0.4, -0.2) is 34.1 Å². The molecular weight excluding hydrogens is 801 g/mol. The molecule has 2 rings (SSSR count). The molecule has 2 aromatic rings. The summed E-state index contributed by atoms with van der Waals surface area (Å²) in [6.45, 7) is 12.2. The topological polar surface area (TPSA) is 127 Å². The van der Waals surface area contributed by atoms with E-state index >= 15 is 0 Å². The Balaban J connectivity index is 0.000000640. The van der Waals surface area contributed by atoms with Crippen molar-refractivity contribution in [3.63, 3.8) is 0 Å². The van der Waals surface area contributed by atoms with E-state index in [1.165, 1.54) is 146 Å². The van der Waals surface area contributed by atoms with Crippen LogP contribution in [0.15, 0.2) is 36.4 Å². The number of ether oxygens (including phenoxy) is 2. The summed E-state index contributed by atoms with van der Waals surface area (Å²) in [5, 5.41) is 17.5. The highest BCUT2D eigenvalue weighted by Crippen LogP contribution is 2.34. The van der Waals surface area contributed by atoms with E-state index in [1.807, 2.05) is 39.8 Å². The average molecular weight is 893 g/mol. The van der Waals surface area contributed by atoms with E-state index in [4.69, 9.17) is 19.7 Å². The highest BCUT2D eigenvalue weighted by molar-refractivity contribution is 5.73. The number of unbranched alkanes of at least 4 members (excludes halogenated alkanes) is 20. The molecule has 364 valence electrons. The predicted octanol–water partition coefficient (Wildman–Crippen LogP) is 16.7.